The Morgan fingerprint density at radius 1 is 1.36 bits per heavy atom. The second-order valence-corrected chi connectivity index (χ2v) is 7.79. The van der Waals surface area contributed by atoms with Crippen LogP contribution in [0.25, 0.3) is 0 Å². The fourth-order valence-electron chi connectivity index (χ4n) is 3.66. The van der Waals surface area contributed by atoms with Gasteiger partial charge in [-0.2, -0.15) is 5.10 Å². The van der Waals surface area contributed by atoms with Crippen LogP contribution in [0.15, 0.2) is 12.4 Å². The Balaban J connectivity index is 1.75. The summed E-state index contributed by atoms with van der Waals surface area (Å²) in [6, 6.07) is 0.658. The number of aryl methyl sites for hydroxylation is 2. The molecule has 8 nitrogen and oxygen atoms in total. The van der Waals surface area contributed by atoms with E-state index in [-0.39, 0.29) is 17.8 Å². The molecule has 1 N–H and O–H groups in total. The molecule has 0 radical (unpaired) electrons. The number of aromatic nitrogens is 4. The summed E-state index contributed by atoms with van der Waals surface area (Å²) < 4.78 is 1.84. The van der Waals surface area contributed by atoms with Crippen LogP contribution in [0.3, 0.4) is 0 Å². The van der Waals surface area contributed by atoms with E-state index in [0.29, 0.717) is 6.04 Å². The van der Waals surface area contributed by atoms with Gasteiger partial charge in [0.1, 0.15) is 5.82 Å². The quantitative estimate of drug-likeness (QED) is 0.818. The van der Waals surface area contributed by atoms with Crippen LogP contribution in [0.4, 0.5) is 5.82 Å². The maximum Gasteiger partial charge on any atom is 0.291 e. The fourth-order valence-corrected chi connectivity index (χ4v) is 3.66. The second kappa shape index (κ2) is 8.26. The molecule has 28 heavy (non-hydrogen) atoms. The Kier molecular flexibility index (Phi) is 5.98. The molecule has 1 saturated heterocycles. The van der Waals surface area contributed by atoms with Gasteiger partial charge >= 0.3 is 0 Å². The van der Waals surface area contributed by atoms with Gasteiger partial charge in [0.15, 0.2) is 0 Å². The lowest BCUT2D eigenvalue weighted by Gasteiger charge is -2.24. The Hall–Kier alpha value is -2.48. The Morgan fingerprint density at radius 3 is 2.71 bits per heavy atom. The lowest BCUT2D eigenvalue weighted by atomic mass is 10.1. The molecule has 0 aliphatic carbocycles. The van der Waals surface area contributed by atoms with Crippen molar-refractivity contribution in [1.82, 2.24) is 30.0 Å². The minimum atomic E-state index is -0.166. The number of carbonyl (C=O) groups is 1. The molecule has 0 saturated carbocycles. The molecule has 3 heterocycles. The zero-order valence-corrected chi connectivity index (χ0v) is 17.7. The van der Waals surface area contributed by atoms with Crippen molar-refractivity contribution in [2.75, 3.05) is 32.1 Å². The van der Waals surface area contributed by atoms with Crippen LogP contribution >= 0.6 is 0 Å². The van der Waals surface area contributed by atoms with E-state index in [1.807, 2.05) is 31.8 Å². The van der Waals surface area contributed by atoms with Crippen molar-refractivity contribution in [2.45, 2.75) is 45.7 Å². The largest absolute Gasteiger partial charge is 0.355 e. The van der Waals surface area contributed by atoms with Crippen LogP contribution in [0.2, 0.25) is 0 Å². The Bertz CT molecular complexity index is 845. The molecule has 1 aliphatic rings. The minimum Gasteiger partial charge on any atom is -0.355 e. The van der Waals surface area contributed by atoms with Gasteiger partial charge in [-0.25, -0.2) is 9.97 Å². The highest BCUT2D eigenvalue weighted by atomic mass is 16.2. The average molecular weight is 386 g/mol. The summed E-state index contributed by atoms with van der Waals surface area (Å²) in [4.78, 5) is 25.1. The molecule has 152 valence electrons. The molecule has 0 bridgehead atoms. The molecule has 1 fully saturated rings. The zero-order chi connectivity index (χ0) is 20.4. The van der Waals surface area contributed by atoms with Gasteiger partial charge in [-0.3, -0.25) is 9.48 Å². The highest BCUT2D eigenvalue weighted by Crippen LogP contribution is 2.26. The van der Waals surface area contributed by atoms with E-state index in [4.69, 9.17) is 0 Å². The van der Waals surface area contributed by atoms with Crippen molar-refractivity contribution >= 4 is 11.7 Å². The highest BCUT2D eigenvalue weighted by molar-refractivity contribution is 5.90. The first kappa shape index (κ1) is 20.3. The van der Waals surface area contributed by atoms with Gasteiger partial charge in [-0.05, 0) is 26.7 Å². The van der Waals surface area contributed by atoms with E-state index in [1.54, 1.807) is 14.1 Å². The summed E-state index contributed by atoms with van der Waals surface area (Å²) in [5, 5.41) is 8.07. The third kappa shape index (κ3) is 4.16. The first-order chi connectivity index (χ1) is 13.3. The van der Waals surface area contributed by atoms with Crippen LogP contribution in [-0.4, -0.2) is 63.8 Å². The summed E-state index contributed by atoms with van der Waals surface area (Å²) in [5.74, 6) is 0.971. The number of nitrogens with one attached hydrogen (secondary N) is 1. The number of anilines is 1. The van der Waals surface area contributed by atoms with Gasteiger partial charge in [0.25, 0.3) is 5.91 Å². The van der Waals surface area contributed by atoms with Crippen molar-refractivity contribution in [3.8, 4) is 0 Å². The molecule has 1 aliphatic heterocycles. The van der Waals surface area contributed by atoms with Gasteiger partial charge in [0, 0.05) is 69.3 Å². The topological polar surface area (TPSA) is 79.2 Å². The predicted octanol–water partition coefficient (Wildman–Crippen LogP) is 1.85. The van der Waals surface area contributed by atoms with Crippen molar-refractivity contribution in [3.05, 3.63) is 35.0 Å². The van der Waals surface area contributed by atoms with Crippen molar-refractivity contribution in [2.24, 2.45) is 7.05 Å². The number of rotatable bonds is 6. The summed E-state index contributed by atoms with van der Waals surface area (Å²) in [6.07, 6.45) is 6.06. The number of amides is 1. The molecule has 1 amide bonds. The molecule has 0 spiro atoms. The standard InChI is InChI=1S/C20H31N7O/c1-7-17(15-10-21-26(6)11-15)23-16-8-9-27(12-16)19-13(2)14(3)22-18(24-19)20(28)25(4)5/h10-11,16-17,23H,7-9,12H2,1-6H3/t16-,17?/m1/s1. The third-order valence-corrected chi connectivity index (χ3v) is 5.42. The first-order valence-electron chi connectivity index (χ1n) is 9.86. The van der Waals surface area contributed by atoms with E-state index in [1.165, 1.54) is 10.5 Å². The van der Waals surface area contributed by atoms with E-state index in [0.717, 1.165) is 43.0 Å². The van der Waals surface area contributed by atoms with Crippen molar-refractivity contribution < 1.29 is 4.79 Å². The number of hydrogen-bond donors (Lipinski definition) is 1. The summed E-state index contributed by atoms with van der Waals surface area (Å²) in [6.45, 7) is 7.93. The van der Waals surface area contributed by atoms with E-state index < -0.39 is 0 Å². The van der Waals surface area contributed by atoms with Gasteiger partial charge in [0.2, 0.25) is 5.82 Å². The monoisotopic (exact) mass is 385 g/mol. The number of nitrogens with zero attached hydrogens (tertiary/aromatic N) is 6. The van der Waals surface area contributed by atoms with Crippen LogP contribution in [-0.2, 0) is 7.05 Å². The molecule has 1 unspecified atom stereocenters. The Morgan fingerprint density at radius 2 is 2.11 bits per heavy atom. The third-order valence-electron chi connectivity index (χ3n) is 5.42. The van der Waals surface area contributed by atoms with Gasteiger partial charge in [-0.15, -0.1) is 0 Å². The lowest BCUT2D eigenvalue weighted by Crippen LogP contribution is -2.36. The normalized spacial score (nSPS) is 17.8. The van der Waals surface area contributed by atoms with Gasteiger partial charge in [0.05, 0.1) is 6.20 Å². The summed E-state index contributed by atoms with van der Waals surface area (Å²) >= 11 is 0. The summed E-state index contributed by atoms with van der Waals surface area (Å²) in [7, 11) is 5.39. The van der Waals surface area contributed by atoms with Crippen LogP contribution < -0.4 is 10.2 Å². The van der Waals surface area contributed by atoms with Crippen LogP contribution in [0, 0.1) is 13.8 Å². The molecular weight excluding hydrogens is 354 g/mol. The maximum atomic E-state index is 12.3. The van der Waals surface area contributed by atoms with E-state index >= 15 is 0 Å². The van der Waals surface area contributed by atoms with Crippen LogP contribution in [0.5, 0.6) is 0 Å². The summed E-state index contributed by atoms with van der Waals surface area (Å²) in [5.41, 5.74) is 3.11. The smallest absolute Gasteiger partial charge is 0.291 e. The van der Waals surface area contributed by atoms with E-state index in [2.05, 4.69) is 38.4 Å². The highest BCUT2D eigenvalue weighted by Gasteiger charge is 2.28. The molecule has 0 aromatic carbocycles. The number of carbonyl (C=O) groups excluding carboxylic acids is 1. The molecule has 2 atom stereocenters. The second-order valence-electron chi connectivity index (χ2n) is 7.79. The first-order valence-corrected chi connectivity index (χ1v) is 9.86. The Labute approximate surface area is 167 Å². The van der Waals surface area contributed by atoms with E-state index in [9.17, 15) is 4.79 Å². The predicted molar refractivity (Wildman–Crippen MR) is 110 cm³/mol. The lowest BCUT2D eigenvalue weighted by molar-refractivity contribution is 0.0815. The maximum absolute atomic E-state index is 12.3. The van der Waals surface area contributed by atoms with Gasteiger partial charge in [-0.1, -0.05) is 6.92 Å². The molecular formula is C20H31N7O. The molecule has 3 rings (SSSR count). The van der Waals surface area contributed by atoms with Gasteiger partial charge < -0.3 is 15.1 Å². The van der Waals surface area contributed by atoms with Crippen LogP contribution in [0.1, 0.15) is 53.2 Å². The molecule has 2 aromatic rings. The average Bonchev–Trinajstić information content (AvgIpc) is 3.30. The zero-order valence-electron chi connectivity index (χ0n) is 17.7. The molecule has 2 aromatic heterocycles. The molecule has 8 heteroatoms. The van der Waals surface area contributed by atoms with Crippen molar-refractivity contribution in [3.63, 3.8) is 0 Å². The van der Waals surface area contributed by atoms with Crippen molar-refractivity contribution in [1.29, 1.82) is 0 Å². The minimum absolute atomic E-state index is 0.166. The SMILES string of the molecule is CCC(N[C@@H]1CCN(c2nc(C(=O)N(C)C)nc(C)c2C)C1)c1cnn(C)c1. The fraction of sp³-hybridized carbons (Fsp3) is 0.600. The number of hydrogen-bond acceptors (Lipinski definition) is 6.